The van der Waals surface area contributed by atoms with Gasteiger partial charge in [-0.2, -0.15) is 0 Å². The van der Waals surface area contributed by atoms with Crippen LogP contribution in [0.3, 0.4) is 0 Å². The number of benzene rings is 2. The number of nitrogens with zero attached hydrogens (tertiary/aromatic N) is 2. The van der Waals surface area contributed by atoms with Crippen LogP contribution in [-0.4, -0.2) is 17.1 Å². The summed E-state index contributed by atoms with van der Waals surface area (Å²) >= 11 is 1.60. The quantitative estimate of drug-likeness (QED) is 0.421. The Morgan fingerprint density at radius 2 is 1.84 bits per heavy atom. The summed E-state index contributed by atoms with van der Waals surface area (Å²) in [7, 11) is 0. The van der Waals surface area contributed by atoms with Gasteiger partial charge in [-0.1, -0.05) is 18.2 Å². The van der Waals surface area contributed by atoms with Gasteiger partial charge in [0.05, 0.1) is 17.0 Å². The zero-order chi connectivity index (χ0) is 21.7. The topological polar surface area (TPSA) is 63.4 Å². The first kappa shape index (κ1) is 19.5. The minimum Gasteiger partial charge on any atom is -0.450 e. The SMILES string of the molecule is CSc1ccc([C@H]2c3c(oc4ccc(F)cc4c3=O)C(=O)N2c2ccc(C)cn2)cc1. The summed E-state index contributed by atoms with van der Waals surface area (Å²) in [6, 6.07) is 14.2. The third kappa shape index (κ3) is 3.13. The van der Waals surface area contributed by atoms with E-state index in [4.69, 9.17) is 4.42 Å². The molecule has 5 rings (SSSR count). The number of aryl methyl sites for hydroxylation is 1. The van der Waals surface area contributed by atoms with E-state index < -0.39 is 23.2 Å². The highest BCUT2D eigenvalue weighted by molar-refractivity contribution is 7.98. The van der Waals surface area contributed by atoms with Gasteiger partial charge in [0.1, 0.15) is 17.2 Å². The molecule has 0 saturated heterocycles. The summed E-state index contributed by atoms with van der Waals surface area (Å²) in [5.74, 6) is -0.614. The average molecular weight is 432 g/mol. The molecule has 1 aliphatic heterocycles. The molecule has 3 heterocycles. The molecule has 4 aromatic rings. The number of hydrogen-bond donors (Lipinski definition) is 0. The lowest BCUT2D eigenvalue weighted by Gasteiger charge is -2.24. The minimum atomic E-state index is -0.725. The molecule has 154 valence electrons. The number of fused-ring (bicyclic) bond motifs is 2. The van der Waals surface area contributed by atoms with Crippen LogP contribution in [0.15, 0.2) is 74.9 Å². The fraction of sp³-hybridized carbons (Fsp3) is 0.125. The van der Waals surface area contributed by atoms with Crippen molar-refractivity contribution in [1.29, 1.82) is 0 Å². The predicted molar refractivity (Wildman–Crippen MR) is 118 cm³/mol. The lowest BCUT2D eigenvalue weighted by Crippen LogP contribution is -2.30. The van der Waals surface area contributed by atoms with Gasteiger partial charge < -0.3 is 4.42 Å². The van der Waals surface area contributed by atoms with Crippen LogP contribution in [0.25, 0.3) is 11.0 Å². The van der Waals surface area contributed by atoms with Crippen LogP contribution in [0.2, 0.25) is 0 Å². The number of amides is 1. The zero-order valence-corrected chi connectivity index (χ0v) is 17.6. The summed E-state index contributed by atoms with van der Waals surface area (Å²) in [5.41, 5.74) is 1.65. The predicted octanol–water partition coefficient (Wildman–Crippen LogP) is 5.11. The molecule has 0 fully saturated rings. The summed E-state index contributed by atoms with van der Waals surface area (Å²) in [4.78, 5) is 33.8. The monoisotopic (exact) mass is 432 g/mol. The van der Waals surface area contributed by atoms with Crippen molar-refractivity contribution in [2.45, 2.75) is 17.9 Å². The molecule has 7 heteroatoms. The van der Waals surface area contributed by atoms with Crippen LogP contribution in [-0.2, 0) is 0 Å². The fourth-order valence-electron chi connectivity index (χ4n) is 3.89. The van der Waals surface area contributed by atoms with E-state index >= 15 is 0 Å². The fourth-order valence-corrected chi connectivity index (χ4v) is 4.29. The Bertz CT molecular complexity index is 1380. The third-order valence-corrected chi connectivity index (χ3v) is 6.15. The van der Waals surface area contributed by atoms with Crippen molar-refractivity contribution in [3.63, 3.8) is 0 Å². The summed E-state index contributed by atoms with van der Waals surface area (Å²) in [5, 5.41) is 0.107. The summed E-state index contributed by atoms with van der Waals surface area (Å²) < 4.78 is 19.7. The van der Waals surface area contributed by atoms with Crippen LogP contribution in [0.4, 0.5) is 10.2 Å². The van der Waals surface area contributed by atoms with Gasteiger partial charge >= 0.3 is 0 Å². The second-order valence-electron chi connectivity index (χ2n) is 7.36. The number of thioether (sulfide) groups is 1. The first-order chi connectivity index (χ1) is 15.0. The smallest absolute Gasteiger partial charge is 0.296 e. The Balaban J connectivity index is 1.79. The van der Waals surface area contributed by atoms with E-state index in [1.165, 1.54) is 17.0 Å². The molecular weight excluding hydrogens is 415 g/mol. The molecule has 5 nitrogen and oxygen atoms in total. The van der Waals surface area contributed by atoms with Crippen LogP contribution in [0, 0.1) is 12.7 Å². The highest BCUT2D eigenvalue weighted by atomic mass is 32.2. The molecule has 0 N–H and O–H groups in total. The zero-order valence-electron chi connectivity index (χ0n) is 16.8. The Morgan fingerprint density at radius 3 is 2.52 bits per heavy atom. The maximum absolute atomic E-state index is 13.9. The lowest BCUT2D eigenvalue weighted by atomic mass is 9.98. The van der Waals surface area contributed by atoms with Gasteiger partial charge in [0.2, 0.25) is 5.76 Å². The molecular formula is C24H17FN2O3S. The van der Waals surface area contributed by atoms with E-state index in [0.29, 0.717) is 5.82 Å². The molecule has 0 radical (unpaired) electrons. The Hall–Kier alpha value is -3.45. The molecule has 0 spiro atoms. The number of carbonyl (C=O) groups is 1. The molecule has 2 aromatic heterocycles. The van der Waals surface area contributed by atoms with Crippen molar-refractivity contribution >= 4 is 34.5 Å². The van der Waals surface area contributed by atoms with Crippen molar-refractivity contribution < 1.29 is 13.6 Å². The van der Waals surface area contributed by atoms with E-state index in [0.717, 1.165) is 22.1 Å². The van der Waals surface area contributed by atoms with E-state index in [9.17, 15) is 14.0 Å². The highest BCUT2D eigenvalue weighted by Crippen LogP contribution is 2.40. The molecule has 1 aliphatic rings. The van der Waals surface area contributed by atoms with Gasteiger partial charge in [-0.25, -0.2) is 9.37 Å². The minimum absolute atomic E-state index is 0.0366. The van der Waals surface area contributed by atoms with Crippen molar-refractivity contribution in [2.75, 3.05) is 11.2 Å². The maximum Gasteiger partial charge on any atom is 0.296 e. The van der Waals surface area contributed by atoms with Crippen molar-refractivity contribution in [3.8, 4) is 0 Å². The highest BCUT2D eigenvalue weighted by Gasteiger charge is 2.44. The summed E-state index contributed by atoms with van der Waals surface area (Å²) in [6.45, 7) is 1.91. The Labute approximate surface area is 181 Å². The normalized spacial score (nSPS) is 15.5. The molecule has 0 unspecified atom stereocenters. The van der Waals surface area contributed by atoms with Crippen molar-refractivity contribution in [3.05, 3.63) is 99.3 Å². The number of rotatable bonds is 3. The number of anilines is 1. The maximum atomic E-state index is 13.9. The van der Waals surface area contributed by atoms with Gasteiger partial charge in [-0.15, -0.1) is 11.8 Å². The molecule has 0 bridgehead atoms. The van der Waals surface area contributed by atoms with Gasteiger partial charge in [0.25, 0.3) is 5.91 Å². The lowest BCUT2D eigenvalue weighted by molar-refractivity contribution is 0.0970. The van der Waals surface area contributed by atoms with Crippen LogP contribution in [0.5, 0.6) is 0 Å². The first-order valence-corrected chi connectivity index (χ1v) is 10.9. The van der Waals surface area contributed by atoms with E-state index in [1.807, 2.05) is 43.5 Å². The molecule has 2 aromatic carbocycles. The first-order valence-electron chi connectivity index (χ1n) is 9.64. The molecule has 0 saturated carbocycles. The number of hydrogen-bond acceptors (Lipinski definition) is 5. The largest absolute Gasteiger partial charge is 0.450 e. The molecule has 0 aliphatic carbocycles. The van der Waals surface area contributed by atoms with Gasteiger partial charge in [0, 0.05) is 11.1 Å². The average Bonchev–Trinajstić information content (AvgIpc) is 3.07. The van der Waals surface area contributed by atoms with E-state index in [1.54, 1.807) is 24.0 Å². The number of carbonyl (C=O) groups excluding carboxylic acids is 1. The van der Waals surface area contributed by atoms with Gasteiger partial charge in [-0.05, 0) is 60.7 Å². The summed E-state index contributed by atoms with van der Waals surface area (Å²) in [6.07, 6.45) is 3.64. The van der Waals surface area contributed by atoms with Crippen LogP contribution in [0.1, 0.15) is 33.3 Å². The Morgan fingerprint density at radius 1 is 1.06 bits per heavy atom. The number of pyridine rings is 1. The molecule has 1 amide bonds. The van der Waals surface area contributed by atoms with Crippen LogP contribution >= 0.6 is 11.8 Å². The Kier molecular flexibility index (Phi) is 4.63. The van der Waals surface area contributed by atoms with E-state index in [2.05, 4.69) is 4.98 Å². The van der Waals surface area contributed by atoms with E-state index in [-0.39, 0.29) is 22.3 Å². The third-order valence-electron chi connectivity index (χ3n) is 5.41. The molecule has 1 atom stereocenters. The van der Waals surface area contributed by atoms with Gasteiger partial charge in [-0.3, -0.25) is 14.5 Å². The second kappa shape index (κ2) is 7.35. The van der Waals surface area contributed by atoms with Crippen LogP contribution < -0.4 is 10.3 Å². The van der Waals surface area contributed by atoms with Crippen molar-refractivity contribution in [1.82, 2.24) is 4.98 Å². The van der Waals surface area contributed by atoms with Gasteiger partial charge in [0.15, 0.2) is 5.43 Å². The number of halogens is 1. The standard InChI is InChI=1S/C24H17FN2O3S/c1-13-3-10-19(26-12-13)27-21(14-4-7-16(31-2)8-5-14)20-22(28)17-11-15(25)6-9-18(17)30-23(20)24(27)29/h3-12,21H,1-2H3/t21-/m0/s1. The second-order valence-corrected chi connectivity index (χ2v) is 8.24. The molecule has 31 heavy (non-hydrogen) atoms. The number of aromatic nitrogens is 1. The van der Waals surface area contributed by atoms with Crippen molar-refractivity contribution in [2.24, 2.45) is 0 Å².